The van der Waals surface area contributed by atoms with Crippen LogP contribution in [0.25, 0.3) is 0 Å². The predicted molar refractivity (Wildman–Crippen MR) is 96.4 cm³/mol. The molecule has 1 saturated carbocycles. The third-order valence-electron chi connectivity index (χ3n) is 4.54. The molecule has 0 unspecified atom stereocenters. The van der Waals surface area contributed by atoms with Crippen molar-refractivity contribution in [3.8, 4) is 0 Å². The first kappa shape index (κ1) is 17.7. The van der Waals surface area contributed by atoms with Gasteiger partial charge in [0, 0.05) is 29.9 Å². The molecule has 1 aliphatic carbocycles. The number of urea groups is 1. The van der Waals surface area contributed by atoms with Crippen molar-refractivity contribution in [1.29, 1.82) is 0 Å². The van der Waals surface area contributed by atoms with Crippen molar-refractivity contribution < 1.29 is 14.4 Å². The smallest absolute Gasteiger partial charge is 0.338 e. The summed E-state index contributed by atoms with van der Waals surface area (Å²) in [5.74, 6) is 0.252. The number of amides is 4. The van der Waals surface area contributed by atoms with Crippen molar-refractivity contribution in [2.75, 3.05) is 18.1 Å². The zero-order chi connectivity index (χ0) is 18.0. The average Bonchev–Trinajstić information content (AvgIpc) is 3.32. The molecule has 0 spiro atoms. The molecule has 4 amide bonds. The molecule has 0 bridgehead atoms. The van der Waals surface area contributed by atoms with E-state index in [2.05, 4.69) is 21.4 Å². The number of hydrazine groups is 1. The van der Waals surface area contributed by atoms with Crippen molar-refractivity contribution in [3.05, 3.63) is 28.7 Å². The van der Waals surface area contributed by atoms with Gasteiger partial charge in [0.1, 0.15) is 0 Å². The van der Waals surface area contributed by atoms with E-state index in [0.29, 0.717) is 18.8 Å². The minimum atomic E-state index is -0.757. The molecule has 1 aromatic rings. The van der Waals surface area contributed by atoms with Crippen LogP contribution in [0.4, 0.5) is 10.5 Å². The lowest BCUT2D eigenvalue weighted by atomic mass is 10.1. The second kappa shape index (κ2) is 7.43. The third kappa shape index (κ3) is 4.50. The van der Waals surface area contributed by atoms with Crippen molar-refractivity contribution in [3.63, 3.8) is 0 Å². The van der Waals surface area contributed by atoms with E-state index in [4.69, 9.17) is 5.73 Å². The molecule has 1 aliphatic heterocycles. The Morgan fingerprint density at radius 1 is 1.20 bits per heavy atom. The normalized spacial score (nSPS) is 19.6. The number of benzene rings is 1. The summed E-state index contributed by atoms with van der Waals surface area (Å²) in [6.07, 6.45) is 3.04. The van der Waals surface area contributed by atoms with Crippen molar-refractivity contribution >= 4 is 39.5 Å². The molecule has 2 fully saturated rings. The molecular weight excluding hydrogens is 388 g/mol. The van der Waals surface area contributed by atoms with Crippen LogP contribution in [0, 0.1) is 11.8 Å². The molecule has 0 radical (unpaired) electrons. The number of nitrogens with two attached hydrogens (primary N) is 1. The molecule has 8 heteroatoms. The first-order valence-corrected chi connectivity index (χ1v) is 9.16. The number of nitrogens with zero attached hydrogens (tertiary/aromatic N) is 2. The second-order valence-corrected chi connectivity index (χ2v) is 7.52. The van der Waals surface area contributed by atoms with Crippen molar-refractivity contribution in [1.82, 2.24) is 10.3 Å². The molecule has 1 aromatic carbocycles. The van der Waals surface area contributed by atoms with E-state index < -0.39 is 6.03 Å². The van der Waals surface area contributed by atoms with Gasteiger partial charge in [0.25, 0.3) is 0 Å². The van der Waals surface area contributed by atoms with Crippen LogP contribution in [-0.2, 0) is 9.59 Å². The maximum absolute atomic E-state index is 12.3. The Labute approximate surface area is 154 Å². The van der Waals surface area contributed by atoms with E-state index in [-0.39, 0.29) is 30.1 Å². The number of hydrogen-bond acceptors (Lipinski definition) is 3. The molecule has 1 atom stereocenters. The highest BCUT2D eigenvalue weighted by Gasteiger charge is 2.37. The van der Waals surface area contributed by atoms with Gasteiger partial charge in [-0.05, 0) is 49.4 Å². The number of halogens is 1. The Bertz CT molecular complexity index is 675. The molecule has 2 aliphatic rings. The predicted octanol–water partition coefficient (Wildman–Crippen LogP) is 2.01. The standard InChI is InChI=1S/C17H21BrN4O3/c18-13-3-5-14(6-4-13)22(17(19)25)20-15(23)9-11-7-8-21(10-11)16(24)12-1-2-12/h3-6,11-12H,1-2,7-10H2,(H2,19,25)(H,20,23)/t11-/m0/s1. The zero-order valence-corrected chi connectivity index (χ0v) is 15.4. The minimum absolute atomic E-state index is 0.113. The Morgan fingerprint density at radius 3 is 2.48 bits per heavy atom. The van der Waals surface area contributed by atoms with Gasteiger partial charge in [-0.1, -0.05) is 15.9 Å². The van der Waals surface area contributed by atoms with Gasteiger partial charge in [0.05, 0.1) is 5.69 Å². The van der Waals surface area contributed by atoms with E-state index in [0.717, 1.165) is 28.7 Å². The third-order valence-corrected chi connectivity index (χ3v) is 5.07. The van der Waals surface area contributed by atoms with Gasteiger partial charge in [-0.3, -0.25) is 15.0 Å². The first-order chi connectivity index (χ1) is 11.9. The zero-order valence-electron chi connectivity index (χ0n) is 13.8. The van der Waals surface area contributed by atoms with Gasteiger partial charge in [0.15, 0.2) is 0 Å². The molecule has 7 nitrogen and oxygen atoms in total. The molecule has 0 aromatic heterocycles. The number of anilines is 1. The lowest BCUT2D eigenvalue weighted by molar-refractivity contribution is -0.132. The van der Waals surface area contributed by atoms with Crippen LogP contribution in [0.3, 0.4) is 0 Å². The quantitative estimate of drug-likeness (QED) is 0.745. The number of likely N-dealkylation sites (tertiary alicyclic amines) is 1. The maximum atomic E-state index is 12.3. The van der Waals surface area contributed by atoms with E-state index in [9.17, 15) is 14.4 Å². The lowest BCUT2D eigenvalue weighted by Gasteiger charge is -2.22. The van der Waals surface area contributed by atoms with Gasteiger partial charge < -0.3 is 10.6 Å². The highest BCUT2D eigenvalue weighted by Crippen LogP contribution is 2.33. The van der Waals surface area contributed by atoms with E-state index >= 15 is 0 Å². The number of primary amides is 1. The van der Waals surface area contributed by atoms with Gasteiger partial charge in [-0.25, -0.2) is 9.80 Å². The summed E-state index contributed by atoms with van der Waals surface area (Å²) in [5.41, 5.74) is 8.42. The van der Waals surface area contributed by atoms with Crippen molar-refractivity contribution in [2.24, 2.45) is 17.6 Å². The molecule has 3 rings (SSSR count). The number of carbonyl (C=O) groups is 3. The molecular formula is C17H21BrN4O3. The SMILES string of the molecule is NC(=O)N(NC(=O)C[C@@H]1CCN(C(=O)C2CC2)C1)c1ccc(Br)cc1. The number of nitrogens with one attached hydrogen (secondary N) is 1. The monoisotopic (exact) mass is 408 g/mol. The minimum Gasteiger partial charge on any atom is -0.350 e. The molecule has 25 heavy (non-hydrogen) atoms. The maximum Gasteiger partial charge on any atom is 0.338 e. The molecule has 1 saturated heterocycles. The van der Waals surface area contributed by atoms with E-state index in [1.807, 2.05) is 4.90 Å². The highest BCUT2D eigenvalue weighted by molar-refractivity contribution is 9.10. The molecule has 3 N–H and O–H groups in total. The van der Waals surface area contributed by atoms with Crippen LogP contribution in [0.5, 0.6) is 0 Å². The fourth-order valence-corrected chi connectivity index (χ4v) is 3.32. The summed E-state index contributed by atoms with van der Waals surface area (Å²) in [6, 6.07) is 6.13. The van der Waals surface area contributed by atoms with Gasteiger partial charge >= 0.3 is 6.03 Å². The topological polar surface area (TPSA) is 95.7 Å². The Kier molecular flexibility index (Phi) is 5.27. The first-order valence-electron chi connectivity index (χ1n) is 8.37. The summed E-state index contributed by atoms with van der Waals surface area (Å²) in [5, 5.41) is 1.04. The Morgan fingerprint density at radius 2 is 1.88 bits per heavy atom. The number of carbonyl (C=O) groups excluding carboxylic acids is 3. The highest BCUT2D eigenvalue weighted by atomic mass is 79.9. The summed E-state index contributed by atoms with van der Waals surface area (Å²) in [7, 11) is 0. The van der Waals surface area contributed by atoms with Gasteiger partial charge in [-0.2, -0.15) is 0 Å². The van der Waals surface area contributed by atoms with E-state index in [1.54, 1.807) is 24.3 Å². The van der Waals surface area contributed by atoms with Crippen LogP contribution >= 0.6 is 15.9 Å². The van der Waals surface area contributed by atoms with Crippen LogP contribution in [0.15, 0.2) is 28.7 Å². The summed E-state index contributed by atoms with van der Waals surface area (Å²) < 4.78 is 0.860. The Hall–Kier alpha value is -2.09. The van der Waals surface area contributed by atoms with Crippen LogP contribution in [-0.4, -0.2) is 35.8 Å². The number of hydrogen-bond donors (Lipinski definition) is 2. The van der Waals surface area contributed by atoms with Crippen molar-refractivity contribution in [2.45, 2.75) is 25.7 Å². The largest absolute Gasteiger partial charge is 0.350 e. The average molecular weight is 409 g/mol. The Balaban J connectivity index is 1.54. The van der Waals surface area contributed by atoms with Gasteiger partial charge in [0.2, 0.25) is 11.8 Å². The fraction of sp³-hybridized carbons (Fsp3) is 0.471. The summed E-state index contributed by atoms with van der Waals surface area (Å²) >= 11 is 3.32. The molecule has 134 valence electrons. The number of rotatable bonds is 4. The second-order valence-electron chi connectivity index (χ2n) is 6.60. The summed E-state index contributed by atoms with van der Waals surface area (Å²) in [4.78, 5) is 37.9. The molecule has 1 heterocycles. The lowest BCUT2D eigenvalue weighted by Crippen LogP contribution is -2.49. The van der Waals surface area contributed by atoms with Gasteiger partial charge in [-0.15, -0.1) is 0 Å². The van der Waals surface area contributed by atoms with E-state index in [1.165, 1.54) is 0 Å². The van der Waals surface area contributed by atoms with Crippen LogP contribution < -0.4 is 16.2 Å². The fourth-order valence-electron chi connectivity index (χ4n) is 3.06. The van der Waals surface area contributed by atoms with Crippen LogP contribution in [0.2, 0.25) is 0 Å². The summed E-state index contributed by atoms with van der Waals surface area (Å²) in [6.45, 7) is 1.32. The van der Waals surface area contributed by atoms with Crippen LogP contribution in [0.1, 0.15) is 25.7 Å².